The second kappa shape index (κ2) is 5.32. The first-order valence-corrected chi connectivity index (χ1v) is 5.35. The van der Waals surface area contributed by atoms with Crippen LogP contribution in [0.25, 0.3) is 0 Å². The molecule has 0 N–H and O–H groups in total. The second-order valence-corrected chi connectivity index (χ2v) is 3.42. The fraction of sp³-hybridized carbons (Fsp3) is 0.385. The minimum atomic E-state index is -0.0392. The highest BCUT2D eigenvalue weighted by molar-refractivity contribution is 5.97. The van der Waals surface area contributed by atoms with Gasteiger partial charge in [-0.1, -0.05) is 6.92 Å². The molecule has 0 aromatic heterocycles. The van der Waals surface area contributed by atoms with Crippen LogP contribution in [0.1, 0.15) is 42.3 Å². The summed E-state index contributed by atoms with van der Waals surface area (Å²) < 4.78 is 5.49. The van der Waals surface area contributed by atoms with Gasteiger partial charge in [-0.3, -0.25) is 4.79 Å². The highest BCUT2D eigenvalue weighted by Gasteiger charge is 2.15. The predicted molar refractivity (Wildman–Crippen MR) is 61.7 cm³/mol. The summed E-state index contributed by atoms with van der Waals surface area (Å²) in [6, 6.07) is 5.46. The number of hydrogen-bond acceptors (Lipinski definition) is 3. The summed E-state index contributed by atoms with van der Waals surface area (Å²) in [5, 5.41) is 8.98. The normalized spacial score (nSPS) is 9.62. The number of hydrogen-bond donors (Lipinski definition) is 0. The molecular weight excluding hydrogens is 202 g/mol. The van der Waals surface area contributed by atoms with Crippen molar-refractivity contribution in [3.05, 3.63) is 28.8 Å². The summed E-state index contributed by atoms with van der Waals surface area (Å²) in [6.07, 6.45) is 0.680. The van der Waals surface area contributed by atoms with E-state index in [1.165, 1.54) is 6.92 Å². The molecule has 84 valence electrons. The van der Waals surface area contributed by atoms with Crippen molar-refractivity contribution in [1.82, 2.24) is 0 Å². The number of rotatable bonds is 4. The zero-order valence-electron chi connectivity index (χ0n) is 9.83. The molecule has 16 heavy (non-hydrogen) atoms. The molecule has 0 aliphatic heterocycles. The lowest BCUT2D eigenvalue weighted by molar-refractivity contribution is 0.101. The van der Waals surface area contributed by atoms with E-state index in [1.54, 1.807) is 12.1 Å². The average molecular weight is 217 g/mol. The van der Waals surface area contributed by atoms with Crippen LogP contribution in [0.3, 0.4) is 0 Å². The number of carbonyl (C=O) groups is 1. The van der Waals surface area contributed by atoms with Crippen LogP contribution in [0.15, 0.2) is 12.1 Å². The Kier molecular flexibility index (Phi) is 4.07. The Morgan fingerprint density at radius 1 is 1.44 bits per heavy atom. The molecule has 0 aliphatic rings. The van der Waals surface area contributed by atoms with Crippen LogP contribution in [-0.2, 0) is 6.42 Å². The van der Waals surface area contributed by atoms with Gasteiger partial charge in [-0.15, -0.1) is 0 Å². The van der Waals surface area contributed by atoms with Crippen LogP contribution in [0, 0.1) is 11.3 Å². The largest absolute Gasteiger partial charge is 0.493 e. The Bertz CT molecular complexity index is 444. The third-order valence-electron chi connectivity index (χ3n) is 2.40. The summed E-state index contributed by atoms with van der Waals surface area (Å²) >= 11 is 0. The molecule has 0 amide bonds. The topological polar surface area (TPSA) is 50.1 Å². The van der Waals surface area contributed by atoms with Crippen molar-refractivity contribution in [3.8, 4) is 11.8 Å². The fourth-order valence-corrected chi connectivity index (χ4v) is 1.67. The lowest BCUT2D eigenvalue weighted by Gasteiger charge is -2.13. The number of nitrogens with zero attached hydrogens (tertiary/aromatic N) is 1. The van der Waals surface area contributed by atoms with Crippen LogP contribution >= 0.6 is 0 Å². The molecule has 0 fully saturated rings. The van der Waals surface area contributed by atoms with Gasteiger partial charge >= 0.3 is 0 Å². The van der Waals surface area contributed by atoms with Crippen LogP contribution < -0.4 is 4.74 Å². The monoisotopic (exact) mass is 217 g/mol. The minimum absolute atomic E-state index is 0.0392. The standard InChI is InChI=1S/C13H15NO2/c1-4-11-10(8-14)6-7-12(9(3)15)13(11)16-5-2/h6-7H,4-5H2,1-3H3. The van der Waals surface area contributed by atoms with E-state index >= 15 is 0 Å². The number of benzene rings is 1. The van der Waals surface area contributed by atoms with Crippen molar-refractivity contribution >= 4 is 5.78 Å². The fourth-order valence-electron chi connectivity index (χ4n) is 1.67. The molecule has 3 nitrogen and oxygen atoms in total. The zero-order valence-corrected chi connectivity index (χ0v) is 9.83. The Balaban J connectivity index is 3.45. The van der Waals surface area contributed by atoms with Crippen molar-refractivity contribution in [2.24, 2.45) is 0 Å². The lowest BCUT2D eigenvalue weighted by Crippen LogP contribution is -2.05. The summed E-state index contributed by atoms with van der Waals surface area (Å²) in [7, 11) is 0. The summed E-state index contributed by atoms with van der Waals surface area (Å²) in [5.74, 6) is 0.527. The van der Waals surface area contributed by atoms with Gasteiger partial charge in [-0.05, 0) is 32.4 Å². The molecule has 0 radical (unpaired) electrons. The number of carbonyl (C=O) groups excluding carboxylic acids is 1. The van der Waals surface area contributed by atoms with Crippen molar-refractivity contribution < 1.29 is 9.53 Å². The summed E-state index contributed by atoms with van der Waals surface area (Å²) in [4.78, 5) is 11.4. The number of nitriles is 1. The molecule has 1 aromatic rings. The second-order valence-electron chi connectivity index (χ2n) is 3.42. The van der Waals surface area contributed by atoms with Gasteiger partial charge in [0.2, 0.25) is 0 Å². The van der Waals surface area contributed by atoms with Crippen molar-refractivity contribution in [2.45, 2.75) is 27.2 Å². The smallest absolute Gasteiger partial charge is 0.163 e. The molecule has 0 heterocycles. The van der Waals surface area contributed by atoms with E-state index in [0.29, 0.717) is 29.9 Å². The Morgan fingerprint density at radius 3 is 2.56 bits per heavy atom. The minimum Gasteiger partial charge on any atom is -0.493 e. The van der Waals surface area contributed by atoms with E-state index in [1.807, 2.05) is 13.8 Å². The van der Waals surface area contributed by atoms with E-state index in [4.69, 9.17) is 10.00 Å². The van der Waals surface area contributed by atoms with Crippen molar-refractivity contribution in [2.75, 3.05) is 6.61 Å². The van der Waals surface area contributed by atoms with Crippen LogP contribution in [0.5, 0.6) is 5.75 Å². The third kappa shape index (κ3) is 2.22. The van der Waals surface area contributed by atoms with Crippen molar-refractivity contribution in [3.63, 3.8) is 0 Å². The quantitative estimate of drug-likeness (QED) is 0.728. The maximum Gasteiger partial charge on any atom is 0.163 e. The zero-order chi connectivity index (χ0) is 12.1. The summed E-state index contributed by atoms with van der Waals surface area (Å²) in [6.45, 7) is 5.80. The highest BCUT2D eigenvalue weighted by atomic mass is 16.5. The highest BCUT2D eigenvalue weighted by Crippen LogP contribution is 2.28. The van der Waals surface area contributed by atoms with Gasteiger partial charge in [0.1, 0.15) is 5.75 Å². The molecular formula is C13H15NO2. The SMILES string of the molecule is CCOc1c(C(C)=O)ccc(C#N)c1CC. The van der Waals surface area contributed by atoms with Crippen LogP contribution in [0.2, 0.25) is 0 Å². The molecule has 0 saturated carbocycles. The van der Waals surface area contributed by atoms with Crippen LogP contribution in [0.4, 0.5) is 0 Å². The van der Waals surface area contributed by atoms with Crippen molar-refractivity contribution in [1.29, 1.82) is 5.26 Å². The summed E-state index contributed by atoms with van der Waals surface area (Å²) in [5.41, 5.74) is 1.95. The number of ketones is 1. The van der Waals surface area contributed by atoms with Crippen LogP contribution in [-0.4, -0.2) is 12.4 Å². The number of ether oxygens (including phenoxy) is 1. The molecule has 1 rings (SSSR count). The van der Waals surface area contributed by atoms with E-state index < -0.39 is 0 Å². The van der Waals surface area contributed by atoms with Gasteiger partial charge in [0.05, 0.1) is 23.8 Å². The first-order chi connectivity index (χ1) is 7.65. The lowest BCUT2D eigenvalue weighted by atomic mass is 9.99. The van der Waals surface area contributed by atoms with Gasteiger partial charge < -0.3 is 4.74 Å². The van der Waals surface area contributed by atoms with E-state index in [0.717, 1.165) is 5.56 Å². The van der Waals surface area contributed by atoms with Gasteiger partial charge in [0.15, 0.2) is 5.78 Å². The number of Topliss-reactive ketones (excluding diaryl/α,β-unsaturated/α-hetero) is 1. The van der Waals surface area contributed by atoms with Gasteiger partial charge in [0.25, 0.3) is 0 Å². The van der Waals surface area contributed by atoms with E-state index in [9.17, 15) is 4.79 Å². The predicted octanol–water partition coefficient (Wildman–Crippen LogP) is 2.72. The maximum absolute atomic E-state index is 11.4. The third-order valence-corrected chi connectivity index (χ3v) is 2.40. The molecule has 1 aromatic carbocycles. The van der Waals surface area contributed by atoms with E-state index in [-0.39, 0.29) is 5.78 Å². The molecule has 0 atom stereocenters. The maximum atomic E-state index is 11.4. The molecule has 0 unspecified atom stereocenters. The Morgan fingerprint density at radius 2 is 2.12 bits per heavy atom. The van der Waals surface area contributed by atoms with E-state index in [2.05, 4.69) is 6.07 Å². The molecule has 0 spiro atoms. The molecule has 3 heteroatoms. The van der Waals surface area contributed by atoms with Gasteiger partial charge in [-0.25, -0.2) is 0 Å². The average Bonchev–Trinajstić information content (AvgIpc) is 2.28. The molecule has 0 saturated heterocycles. The first-order valence-electron chi connectivity index (χ1n) is 5.35. The Hall–Kier alpha value is -1.82. The Labute approximate surface area is 95.7 Å². The van der Waals surface area contributed by atoms with Gasteiger partial charge in [0, 0.05) is 5.56 Å². The molecule has 0 bridgehead atoms. The van der Waals surface area contributed by atoms with Gasteiger partial charge in [-0.2, -0.15) is 5.26 Å². The first kappa shape index (κ1) is 12.3. The molecule has 0 aliphatic carbocycles.